The number of benzene rings is 1. The molecule has 0 saturated carbocycles. The molecule has 96 valence electrons. The van der Waals surface area contributed by atoms with Crippen molar-refractivity contribution in [2.24, 2.45) is 0 Å². The second-order valence-corrected chi connectivity index (χ2v) is 5.22. The summed E-state index contributed by atoms with van der Waals surface area (Å²) in [4.78, 5) is 4.69. The Morgan fingerprint density at radius 3 is 2.61 bits per heavy atom. The topological polar surface area (TPSA) is 24.9 Å². The molecule has 0 aliphatic rings. The van der Waals surface area contributed by atoms with Gasteiger partial charge in [0.25, 0.3) is 0 Å². The first kappa shape index (κ1) is 13.2. The van der Waals surface area contributed by atoms with Gasteiger partial charge in [-0.3, -0.25) is 0 Å². The molecule has 1 aromatic carbocycles. The molecule has 0 saturated heterocycles. The molecule has 1 N–H and O–H groups in total. The van der Waals surface area contributed by atoms with Crippen molar-refractivity contribution >= 4 is 11.3 Å². The predicted molar refractivity (Wildman–Crippen MR) is 79.2 cm³/mol. The Morgan fingerprint density at radius 1 is 1.17 bits per heavy atom. The molecule has 18 heavy (non-hydrogen) atoms. The highest BCUT2D eigenvalue weighted by Crippen LogP contribution is 2.22. The quantitative estimate of drug-likeness (QED) is 0.804. The van der Waals surface area contributed by atoms with Crippen molar-refractivity contribution in [1.29, 1.82) is 0 Å². The van der Waals surface area contributed by atoms with Gasteiger partial charge in [-0.25, -0.2) is 4.98 Å². The van der Waals surface area contributed by atoms with E-state index in [1.165, 1.54) is 16.1 Å². The number of thiazole rings is 1. The number of rotatable bonds is 6. The zero-order valence-corrected chi connectivity index (χ0v) is 11.9. The van der Waals surface area contributed by atoms with Crippen LogP contribution in [0.25, 0.3) is 11.3 Å². The van der Waals surface area contributed by atoms with Gasteiger partial charge in [-0.1, -0.05) is 38.1 Å². The maximum absolute atomic E-state index is 4.69. The SMILES string of the molecule is CCNCCc1nc(-c2ccc(CC)cc2)cs1. The Labute approximate surface area is 113 Å². The minimum absolute atomic E-state index is 1.01. The van der Waals surface area contributed by atoms with Gasteiger partial charge < -0.3 is 5.32 Å². The van der Waals surface area contributed by atoms with E-state index < -0.39 is 0 Å². The lowest BCUT2D eigenvalue weighted by atomic mass is 10.1. The highest BCUT2D eigenvalue weighted by atomic mass is 32.1. The van der Waals surface area contributed by atoms with Gasteiger partial charge in [-0.2, -0.15) is 0 Å². The molecule has 0 unspecified atom stereocenters. The lowest BCUT2D eigenvalue weighted by molar-refractivity contribution is 0.714. The minimum atomic E-state index is 1.01. The Kier molecular flexibility index (Phi) is 4.90. The first-order chi connectivity index (χ1) is 8.83. The van der Waals surface area contributed by atoms with Crippen LogP contribution in [0, 0.1) is 0 Å². The van der Waals surface area contributed by atoms with Crippen molar-refractivity contribution in [1.82, 2.24) is 10.3 Å². The fourth-order valence-electron chi connectivity index (χ4n) is 1.84. The van der Waals surface area contributed by atoms with Crippen molar-refractivity contribution in [3.8, 4) is 11.3 Å². The van der Waals surface area contributed by atoms with Crippen LogP contribution >= 0.6 is 11.3 Å². The van der Waals surface area contributed by atoms with Gasteiger partial charge in [0.15, 0.2) is 0 Å². The average molecular weight is 260 g/mol. The Hall–Kier alpha value is -1.19. The van der Waals surface area contributed by atoms with Gasteiger partial charge in [0, 0.05) is 23.9 Å². The van der Waals surface area contributed by atoms with E-state index in [2.05, 4.69) is 53.8 Å². The van der Waals surface area contributed by atoms with Gasteiger partial charge in [-0.15, -0.1) is 11.3 Å². The molecule has 1 heterocycles. The summed E-state index contributed by atoms with van der Waals surface area (Å²) in [5.41, 5.74) is 3.70. The first-order valence-electron chi connectivity index (χ1n) is 6.58. The summed E-state index contributed by atoms with van der Waals surface area (Å²) < 4.78 is 0. The van der Waals surface area contributed by atoms with Crippen molar-refractivity contribution in [2.45, 2.75) is 26.7 Å². The van der Waals surface area contributed by atoms with Crippen LogP contribution in [0.3, 0.4) is 0 Å². The molecule has 0 fully saturated rings. The van der Waals surface area contributed by atoms with Crippen LogP contribution in [0.2, 0.25) is 0 Å². The van der Waals surface area contributed by atoms with Crippen LogP contribution in [0.5, 0.6) is 0 Å². The van der Waals surface area contributed by atoms with E-state index in [0.717, 1.165) is 31.6 Å². The average Bonchev–Trinajstić information content (AvgIpc) is 2.88. The van der Waals surface area contributed by atoms with Crippen LogP contribution in [0.1, 0.15) is 24.4 Å². The molecule has 2 nitrogen and oxygen atoms in total. The minimum Gasteiger partial charge on any atom is -0.317 e. The monoisotopic (exact) mass is 260 g/mol. The van der Waals surface area contributed by atoms with Gasteiger partial charge in [0.1, 0.15) is 0 Å². The summed E-state index contributed by atoms with van der Waals surface area (Å²) >= 11 is 1.75. The van der Waals surface area contributed by atoms with Gasteiger partial charge >= 0.3 is 0 Å². The number of nitrogens with one attached hydrogen (secondary N) is 1. The number of hydrogen-bond donors (Lipinski definition) is 1. The van der Waals surface area contributed by atoms with Crippen LogP contribution in [0.4, 0.5) is 0 Å². The summed E-state index contributed by atoms with van der Waals surface area (Å²) in [6.45, 7) is 6.34. The number of hydrogen-bond acceptors (Lipinski definition) is 3. The molecular weight excluding hydrogens is 240 g/mol. The molecule has 0 aliphatic carbocycles. The van der Waals surface area contributed by atoms with Crippen LogP contribution < -0.4 is 5.32 Å². The standard InChI is InChI=1S/C15H20N2S/c1-3-12-5-7-13(8-6-12)14-11-18-15(17-14)9-10-16-4-2/h5-8,11,16H,3-4,9-10H2,1-2H3. The highest BCUT2D eigenvalue weighted by Gasteiger charge is 2.04. The van der Waals surface area contributed by atoms with E-state index in [-0.39, 0.29) is 0 Å². The number of aryl methyl sites for hydroxylation is 1. The Bertz CT molecular complexity index is 473. The van der Waals surface area contributed by atoms with E-state index in [9.17, 15) is 0 Å². The maximum atomic E-state index is 4.69. The molecule has 3 heteroatoms. The molecule has 0 bridgehead atoms. The van der Waals surface area contributed by atoms with E-state index in [1.54, 1.807) is 11.3 Å². The summed E-state index contributed by atoms with van der Waals surface area (Å²) in [6, 6.07) is 8.71. The zero-order chi connectivity index (χ0) is 12.8. The highest BCUT2D eigenvalue weighted by molar-refractivity contribution is 7.09. The maximum Gasteiger partial charge on any atom is 0.0945 e. The third kappa shape index (κ3) is 3.40. The number of aromatic nitrogens is 1. The second kappa shape index (κ2) is 6.66. The number of nitrogens with zero attached hydrogens (tertiary/aromatic N) is 1. The lowest BCUT2D eigenvalue weighted by Gasteiger charge is -1.99. The van der Waals surface area contributed by atoms with Crippen molar-refractivity contribution in [3.63, 3.8) is 0 Å². The van der Waals surface area contributed by atoms with E-state index in [1.807, 2.05) is 0 Å². The second-order valence-electron chi connectivity index (χ2n) is 4.28. The fraction of sp³-hybridized carbons (Fsp3) is 0.400. The number of likely N-dealkylation sites (N-methyl/N-ethyl adjacent to an activating group) is 1. The molecule has 2 aromatic rings. The van der Waals surface area contributed by atoms with E-state index in [0.29, 0.717) is 0 Å². The van der Waals surface area contributed by atoms with E-state index >= 15 is 0 Å². The van der Waals surface area contributed by atoms with Gasteiger partial charge in [0.2, 0.25) is 0 Å². The van der Waals surface area contributed by atoms with E-state index in [4.69, 9.17) is 0 Å². The Balaban J connectivity index is 2.04. The lowest BCUT2D eigenvalue weighted by Crippen LogP contribution is -2.15. The van der Waals surface area contributed by atoms with Crippen molar-refractivity contribution in [3.05, 3.63) is 40.2 Å². The van der Waals surface area contributed by atoms with Crippen LogP contribution in [-0.4, -0.2) is 18.1 Å². The summed E-state index contributed by atoms with van der Waals surface area (Å²) in [5, 5.41) is 6.70. The van der Waals surface area contributed by atoms with Gasteiger partial charge in [-0.05, 0) is 18.5 Å². The third-order valence-electron chi connectivity index (χ3n) is 2.98. The molecule has 0 amide bonds. The zero-order valence-electron chi connectivity index (χ0n) is 11.1. The molecule has 0 radical (unpaired) electrons. The summed E-state index contributed by atoms with van der Waals surface area (Å²) in [7, 11) is 0. The normalized spacial score (nSPS) is 10.8. The van der Waals surface area contributed by atoms with Crippen molar-refractivity contribution in [2.75, 3.05) is 13.1 Å². The smallest absolute Gasteiger partial charge is 0.0945 e. The molecule has 2 rings (SSSR count). The largest absolute Gasteiger partial charge is 0.317 e. The summed E-state index contributed by atoms with van der Waals surface area (Å²) in [5.74, 6) is 0. The van der Waals surface area contributed by atoms with Crippen LogP contribution in [0.15, 0.2) is 29.6 Å². The summed E-state index contributed by atoms with van der Waals surface area (Å²) in [6.07, 6.45) is 2.11. The third-order valence-corrected chi connectivity index (χ3v) is 3.88. The Morgan fingerprint density at radius 2 is 1.94 bits per heavy atom. The first-order valence-corrected chi connectivity index (χ1v) is 7.46. The molecule has 1 aromatic heterocycles. The molecule has 0 aliphatic heterocycles. The fourth-order valence-corrected chi connectivity index (χ4v) is 2.65. The molecule has 0 spiro atoms. The predicted octanol–water partition coefficient (Wildman–Crippen LogP) is 3.52. The van der Waals surface area contributed by atoms with Crippen LogP contribution in [-0.2, 0) is 12.8 Å². The van der Waals surface area contributed by atoms with Crippen molar-refractivity contribution < 1.29 is 0 Å². The molecule has 0 atom stereocenters. The molecular formula is C15H20N2S. The van der Waals surface area contributed by atoms with Gasteiger partial charge in [0.05, 0.1) is 10.7 Å².